The van der Waals surface area contributed by atoms with Crippen LogP contribution in [0.4, 0.5) is 0 Å². The highest BCUT2D eigenvalue weighted by Gasteiger charge is 2.25. The Balaban J connectivity index is 0.0000138. The van der Waals surface area contributed by atoms with Gasteiger partial charge in [-0.25, -0.2) is 0 Å². The van der Waals surface area contributed by atoms with E-state index in [1.165, 1.54) is 77.0 Å². The molecule has 8 heteroatoms. The summed E-state index contributed by atoms with van der Waals surface area (Å²) < 4.78 is 11.6. The van der Waals surface area contributed by atoms with Gasteiger partial charge in [-0.3, -0.25) is 14.4 Å². The SMILES string of the molecule is CCCCCCCCCCC(CCCC)C(=O)OCCN(CCOC(=O)C(CCCC)CCCCCCCCCC)C(=O)C(N)Cc1ccccc1.CS. The van der Waals surface area contributed by atoms with E-state index >= 15 is 0 Å². The number of amides is 1. The first-order chi connectivity index (χ1) is 26.4. The highest BCUT2D eigenvalue weighted by atomic mass is 32.1. The van der Waals surface area contributed by atoms with Crippen LogP contribution in [0, 0.1) is 11.8 Å². The highest BCUT2D eigenvalue weighted by Crippen LogP contribution is 2.21. The van der Waals surface area contributed by atoms with E-state index in [0.29, 0.717) is 6.42 Å². The van der Waals surface area contributed by atoms with Crippen molar-refractivity contribution < 1.29 is 23.9 Å². The van der Waals surface area contributed by atoms with Crippen molar-refractivity contribution in [2.75, 3.05) is 32.6 Å². The number of nitrogens with two attached hydrogens (primary N) is 1. The molecule has 0 fully saturated rings. The second kappa shape index (κ2) is 37.8. The summed E-state index contributed by atoms with van der Waals surface area (Å²) in [5, 5.41) is 0. The maximum atomic E-state index is 13.6. The molecule has 1 aromatic carbocycles. The maximum absolute atomic E-state index is 13.6. The minimum atomic E-state index is -0.743. The van der Waals surface area contributed by atoms with Crippen LogP contribution in [-0.4, -0.2) is 61.3 Å². The number of hydrogen-bond acceptors (Lipinski definition) is 7. The van der Waals surface area contributed by atoms with E-state index in [1.54, 1.807) is 11.2 Å². The summed E-state index contributed by atoms with van der Waals surface area (Å²) in [4.78, 5) is 41.7. The number of carbonyl (C=O) groups excluding carboxylic acids is 3. The molecule has 0 radical (unpaired) electrons. The lowest BCUT2D eigenvalue weighted by Crippen LogP contribution is -2.47. The van der Waals surface area contributed by atoms with Gasteiger partial charge in [-0.05, 0) is 43.9 Å². The second-order valence-electron chi connectivity index (χ2n) is 15.2. The smallest absolute Gasteiger partial charge is 0.308 e. The number of ether oxygens (including phenoxy) is 2. The van der Waals surface area contributed by atoms with Crippen LogP contribution in [0.2, 0.25) is 0 Å². The highest BCUT2D eigenvalue weighted by molar-refractivity contribution is 7.79. The zero-order chi connectivity index (χ0) is 40.1. The molecule has 3 atom stereocenters. The Labute approximate surface area is 338 Å². The second-order valence-corrected chi connectivity index (χ2v) is 15.2. The Morgan fingerprint density at radius 1 is 0.556 bits per heavy atom. The number of benzene rings is 1. The van der Waals surface area contributed by atoms with E-state index in [4.69, 9.17) is 15.2 Å². The summed E-state index contributed by atoms with van der Waals surface area (Å²) in [6.07, 6.45) is 29.4. The fourth-order valence-corrected chi connectivity index (χ4v) is 6.98. The van der Waals surface area contributed by atoms with Crippen molar-refractivity contribution in [1.29, 1.82) is 0 Å². The average molecular weight is 777 g/mol. The average Bonchev–Trinajstić information content (AvgIpc) is 3.19. The summed E-state index contributed by atoms with van der Waals surface area (Å²) in [6, 6.07) is 9.01. The van der Waals surface area contributed by atoms with Gasteiger partial charge in [-0.15, -0.1) is 0 Å². The normalized spacial score (nSPS) is 12.6. The largest absolute Gasteiger partial charge is 0.464 e. The Kier molecular flexibility index (Phi) is 36.4. The molecule has 0 aromatic heterocycles. The monoisotopic (exact) mass is 777 g/mol. The zero-order valence-electron chi connectivity index (χ0n) is 35.6. The number of hydrogen-bond donors (Lipinski definition) is 2. The summed E-state index contributed by atoms with van der Waals surface area (Å²) in [7, 11) is 0. The summed E-state index contributed by atoms with van der Waals surface area (Å²) in [6.45, 7) is 9.44. The molecule has 1 rings (SSSR count). The van der Waals surface area contributed by atoms with Crippen LogP contribution >= 0.6 is 12.6 Å². The molecule has 0 saturated carbocycles. The third kappa shape index (κ3) is 27.5. The van der Waals surface area contributed by atoms with Crippen molar-refractivity contribution in [3.8, 4) is 0 Å². The molecular weight excluding hydrogens is 693 g/mol. The molecule has 1 aromatic rings. The molecule has 54 heavy (non-hydrogen) atoms. The van der Waals surface area contributed by atoms with Gasteiger partial charge in [0.2, 0.25) is 5.91 Å². The van der Waals surface area contributed by atoms with Gasteiger partial charge in [0.05, 0.1) is 31.0 Å². The lowest BCUT2D eigenvalue weighted by atomic mass is 9.95. The molecule has 0 aliphatic rings. The van der Waals surface area contributed by atoms with Gasteiger partial charge < -0.3 is 20.1 Å². The Hall–Kier alpha value is -2.06. The molecule has 2 N–H and O–H groups in total. The standard InChI is InChI=1S/C45H80N2O5.CH4S/c1-5-9-13-15-17-19-21-26-32-40(30-11-7-3)44(49)51-36-34-47(43(48)42(46)38-39-28-24-23-25-29-39)35-37-52-45(50)41(31-12-8-4)33-27-22-20-18-16-14-10-6-2;1-2/h23-25,28-29,40-42H,5-22,26-27,30-38,46H2,1-4H3;2H,1H3. The fraction of sp³-hybridized carbons (Fsp3) is 0.804. The number of unbranched alkanes of at least 4 members (excludes halogenated alkanes) is 16. The maximum Gasteiger partial charge on any atom is 0.308 e. The van der Waals surface area contributed by atoms with Crippen LogP contribution < -0.4 is 5.73 Å². The van der Waals surface area contributed by atoms with Gasteiger partial charge in [0.15, 0.2) is 0 Å². The van der Waals surface area contributed by atoms with E-state index < -0.39 is 6.04 Å². The fourth-order valence-electron chi connectivity index (χ4n) is 6.98. The molecule has 0 aliphatic carbocycles. The lowest BCUT2D eigenvalue weighted by Gasteiger charge is -2.26. The van der Waals surface area contributed by atoms with E-state index in [2.05, 4.69) is 40.3 Å². The van der Waals surface area contributed by atoms with Crippen molar-refractivity contribution in [2.45, 2.75) is 194 Å². The first kappa shape index (κ1) is 51.9. The molecule has 7 nitrogen and oxygen atoms in total. The molecule has 0 bridgehead atoms. The number of rotatable bonds is 35. The van der Waals surface area contributed by atoms with Crippen LogP contribution in [0.5, 0.6) is 0 Å². The van der Waals surface area contributed by atoms with Crippen LogP contribution in [0.3, 0.4) is 0 Å². The van der Waals surface area contributed by atoms with Crippen molar-refractivity contribution in [1.82, 2.24) is 4.90 Å². The minimum absolute atomic E-state index is 0.105. The van der Waals surface area contributed by atoms with Gasteiger partial charge in [0.1, 0.15) is 13.2 Å². The number of thiol groups is 1. The van der Waals surface area contributed by atoms with Crippen molar-refractivity contribution in [3.05, 3.63) is 35.9 Å². The van der Waals surface area contributed by atoms with Crippen molar-refractivity contribution in [3.63, 3.8) is 0 Å². The Bertz CT molecular complexity index is 960. The van der Waals surface area contributed by atoms with Crippen LogP contribution in [-0.2, 0) is 30.3 Å². The predicted octanol–water partition coefficient (Wildman–Crippen LogP) is 11.7. The number of nitrogens with zero attached hydrogens (tertiary/aromatic N) is 1. The minimum Gasteiger partial charge on any atom is -0.464 e. The Morgan fingerprint density at radius 3 is 1.30 bits per heavy atom. The first-order valence-corrected chi connectivity index (χ1v) is 23.1. The quantitative estimate of drug-likeness (QED) is 0.0405. The molecule has 0 saturated heterocycles. The van der Waals surface area contributed by atoms with E-state index in [0.717, 1.165) is 82.6 Å². The van der Waals surface area contributed by atoms with E-state index in [-0.39, 0.29) is 56.0 Å². The number of esters is 2. The van der Waals surface area contributed by atoms with Crippen LogP contribution in [0.25, 0.3) is 0 Å². The molecule has 0 heterocycles. The summed E-state index contributed by atoms with van der Waals surface area (Å²) in [5.41, 5.74) is 7.43. The third-order valence-corrected chi connectivity index (χ3v) is 10.4. The molecule has 0 spiro atoms. The van der Waals surface area contributed by atoms with Crippen molar-refractivity contribution >= 4 is 30.5 Å². The van der Waals surface area contributed by atoms with E-state index in [9.17, 15) is 14.4 Å². The molecule has 0 aliphatic heterocycles. The van der Waals surface area contributed by atoms with Gasteiger partial charge in [-0.2, -0.15) is 12.6 Å². The lowest BCUT2D eigenvalue weighted by molar-refractivity contribution is -0.152. The summed E-state index contributed by atoms with van der Waals surface area (Å²) in [5.74, 6) is -0.760. The van der Waals surface area contributed by atoms with Crippen LogP contribution in [0.15, 0.2) is 30.3 Å². The molecule has 314 valence electrons. The molecule has 1 amide bonds. The van der Waals surface area contributed by atoms with Gasteiger partial charge in [0.25, 0.3) is 0 Å². The Morgan fingerprint density at radius 2 is 0.907 bits per heavy atom. The zero-order valence-corrected chi connectivity index (χ0v) is 36.5. The third-order valence-electron chi connectivity index (χ3n) is 10.4. The van der Waals surface area contributed by atoms with E-state index in [1.807, 2.05) is 30.3 Å². The molecular formula is C46H84N2O5S. The van der Waals surface area contributed by atoms with Crippen molar-refractivity contribution in [2.24, 2.45) is 17.6 Å². The predicted molar refractivity (Wildman–Crippen MR) is 232 cm³/mol. The topological polar surface area (TPSA) is 98.9 Å². The van der Waals surface area contributed by atoms with Gasteiger partial charge in [-0.1, -0.05) is 186 Å². The molecule has 3 unspecified atom stereocenters. The van der Waals surface area contributed by atoms with Gasteiger partial charge in [0, 0.05) is 0 Å². The van der Waals surface area contributed by atoms with Crippen LogP contribution in [0.1, 0.15) is 187 Å². The number of carbonyl (C=O) groups is 3. The summed E-state index contributed by atoms with van der Waals surface area (Å²) >= 11 is 3.53. The first-order valence-electron chi connectivity index (χ1n) is 22.2. The van der Waals surface area contributed by atoms with Gasteiger partial charge >= 0.3 is 11.9 Å².